The molecule has 0 fully saturated rings. The molecule has 0 aliphatic heterocycles. The summed E-state index contributed by atoms with van der Waals surface area (Å²) in [6.07, 6.45) is 0. The average molecular weight is 230 g/mol. The average Bonchev–Trinajstić information content (AvgIpc) is 2.59. The Labute approximate surface area is 91.1 Å². The van der Waals surface area contributed by atoms with Crippen LogP contribution in [-0.2, 0) is 11.3 Å². The van der Waals surface area contributed by atoms with Gasteiger partial charge in [-0.1, -0.05) is 18.3 Å². The van der Waals surface area contributed by atoms with Crippen LogP contribution in [0.25, 0.3) is 0 Å². The molecule has 5 nitrogen and oxygen atoms in total. The summed E-state index contributed by atoms with van der Waals surface area (Å²) >= 11 is 1.10. The SMILES string of the molecule is CC(NCc1csc(=O)[nH]1)C(C)C(=O)O. The molecule has 0 bridgehead atoms. The van der Waals surface area contributed by atoms with Gasteiger partial charge in [-0.25, -0.2) is 0 Å². The van der Waals surface area contributed by atoms with Crippen LogP contribution in [0.1, 0.15) is 19.5 Å². The second-order valence-electron chi connectivity index (χ2n) is 3.47. The number of carbonyl (C=O) groups is 1. The van der Waals surface area contributed by atoms with Crippen molar-refractivity contribution in [3.8, 4) is 0 Å². The molecular weight excluding hydrogens is 216 g/mol. The van der Waals surface area contributed by atoms with E-state index in [-0.39, 0.29) is 10.9 Å². The molecule has 0 amide bonds. The van der Waals surface area contributed by atoms with Gasteiger partial charge in [-0.15, -0.1) is 0 Å². The number of nitrogens with one attached hydrogen (secondary N) is 2. The quantitative estimate of drug-likeness (QED) is 0.693. The number of thiazole rings is 1. The summed E-state index contributed by atoms with van der Waals surface area (Å²) in [6, 6.07) is -0.133. The van der Waals surface area contributed by atoms with Gasteiger partial charge in [-0.2, -0.15) is 0 Å². The molecule has 15 heavy (non-hydrogen) atoms. The van der Waals surface area contributed by atoms with Crippen molar-refractivity contribution in [3.05, 3.63) is 20.7 Å². The first-order valence-corrected chi connectivity index (χ1v) is 5.51. The Balaban J connectivity index is 2.43. The number of rotatable bonds is 5. The first kappa shape index (κ1) is 11.9. The highest BCUT2D eigenvalue weighted by atomic mass is 32.1. The van der Waals surface area contributed by atoms with E-state index in [1.54, 1.807) is 12.3 Å². The number of aromatic nitrogens is 1. The Morgan fingerprint density at radius 1 is 1.67 bits per heavy atom. The smallest absolute Gasteiger partial charge is 0.307 e. The van der Waals surface area contributed by atoms with E-state index in [0.717, 1.165) is 17.0 Å². The summed E-state index contributed by atoms with van der Waals surface area (Å²) in [5.74, 6) is -1.27. The van der Waals surface area contributed by atoms with Crippen LogP contribution < -0.4 is 10.2 Å². The van der Waals surface area contributed by atoms with E-state index < -0.39 is 11.9 Å². The molecule has 1 heterocycles. The lowest BCUT2D eigenvalue weighted by atomic mass is 10.0. The molecule has 0 saturated heterocycles. The molecule has 0 spiro atoms. The van der Waals surface area contributed by atoms with Gasteiger partial charge in [0.1, 0.15) is 0 Å². The summed E-state index contributed by atoms with van der Waals surface area (Å²) in [7, 11) is 0. The highest BCUT2D eigenvalue weighted by Crippen LogP contribution is 2.03. The number of H-pyrrole nitrogens is 1. The minimum Gasteiger partial charge on any atom is -0.481 e. The summed E-state index contributed by atoms with van der Waals surface area (Å²) < 4.78 is 0. The number of hydrogen-bond acceptors (Lipinski definition) is 4. The summed E-state index contributed by atoms with van der Waals surface area (Å²) in [6.45, 7) is 3.94. The van der Waals surface area contributed by atoms with E-state index >= 15 is 0 Å². The normalized spacial score (nSPS) is 14.8. The topological polar surface area (TPSA) is 82.2 Å². The van der Waals surface area contributed by atoms with Gasteiger partial charge in [0.2, 0.25) is 0 Å². The third kappa shape index (κ3) is 3.49. The number of aromatic amines is 1. The van der Waals surface area contributed by atoms with Gasteiger partial charge in [0.15, 0.2) is 0 Å². The monoisotopic (exact) mass is 230 g/mol. The molecule has 6 heteroatoms. The van der Waals surface area contributed by atoms with Crippen molar-refractivity contribution in [3.63, 3.8) is 0 Å². The molecule has 84 valence electrons. The van der Waals surface area contributed by atoms with Gasteiger partial charge in [-0.05, 0) is 6.92 Å². The van der Waals surface area contributed by atoms with Crippen molar-refractivity contribution in [2.24, 2.45) is 5.92 Å². The Morgan fingerprint density at radius 2 is 2.33 bits per heavy atom. The molecule has 1 rings (SSSR count). The second-order valence-corrected chi connectivity index (χ2v) is 4.31. The molecule has 2 atom stereocenters. The fraction of sp³-hybridized carbons (Fsp3) is 0.556. The molecular formula is C9H14N2O3S. The predicted molar refractivity (Wildman–Crippen MR) is 58.0 cm³/mol. The van der Waals surface area contributed by atoms with E-state index in [0.29, 0.717) is 6.54 Å². The maximum absolute atomic E-state index is 10.8. The van der Waals surface area contributed by atoms with Crippen LogP contribution in [0.3, 0.4) is 0 Å². The van der Waals surface area contributed by atoms with E-state index in [4.69, 9.17) is 5.11 Å². The van der Waals surface area contributed by atoms with Gasteiger partial charge < -0.3 is 15.4 Å². The van der Waals surface area contributed by atoms with Crippen LogP contribution in [0.5, 0.6) is 0 Å². The van der Waals surface area contributed by atoms with Crippen LogP contribution in [0.4, 0.5) is 0 Å². The van der Waals surface area contributed by atoms with Crippen molar-refractivity contribution in [2.45, 2.75) is 26.4 Å². The fourth-order valence-electron chi connectivity index (χ4n) is 1.06. The summed E-state index contributed by atoms with van der Waals surface area (Å²) in [4.78, 5) is 24.0. The number of hydrogen-bond donors (Lipinski definition) is 3. The largest absolute Gasteiger partial charge is 0.481 e. The summed E-state index contributed by atoms with van der Waals surface area (Å²) in [5.41, 5.74) is 0.787. The Hall–Kier alpha value is -1.14. The zero-order valence-corrected chi connectivity index (χ0v) is 9.43. The Morgan fingerprint density at radius 3 is 2.80 bits per heavy atom. The second kappa shape index (κ2) is 5.09. The van der Waals surface area contributed by atoms with E-state index in [9.17, 15) is 9.59 Å². The molecule has 1 aromatic heterocycles. The van der Waals surface area contributed by atoms with Crippen molar-refractivity contribution in [1.29, 1.82) is 0 Å². The van der Waals surface area contributed by atoms with Crippen molar-refractivity contribution < 1.29 is 9.90 Å². The molecule has 1 aromatic rings. The molecule has 3 N–H and O–H groups in total. The molecule has 0 radical (unpaired) electrons. The molecule has 0 aromatic carbocycles. The van der Waals surface area contributed by atoms with E-state index in [2.05, 4.69) is 10.3 Å². The van der Waals surface area contributed by atoms with Crippen molar-refractivity contribution in [1.82, 2.24) is 10.3 Å². The predicted octanol–water partition coefficient (Wildman–Crippen LogP) is 0.635. The lowest BCUT2D eigenvalue weighted by molar-refractivity contribution is -0.141. The third-order valence-corrected chi connectivity index (χ3v) is 3.04. The first-order valence-electron chi connectivity index (χ1n) is 4.63. The number of aliphatic carboxylic acids is 1. The number of carboxylic acid groups (broad SMARTS) is 1. The summed E-state index contributed by atoms with van der Waals surface area (Å²) in [5, 5.41) is 13.5. The van der Waals surface area contributed by atoms with Crippen LogP contribution in [-0.4, -0.2) is 22.1 Å². The van der Waals surface area contributed by atoms with Crippen molar-refractivity contribution >= 4 is 17.3 Å². The minimum atomic E-state index is -0.825. The molecule has 0 saturated carbocycles. The molecule has 0 aliphatic rings. The van der Waals surface area contributed by atoms with Gasteiger partial charge in [0, 0.05) is 23.7 Å². The number of carboxylic acids is 1. The lowest BCUT2D eigenvalue weighted by Crippen LogP contribution is -2.35. The standard InChI is InChI=1S/C9H14N2O3S/c1-5(8(12)13)6(2)10-3-7-4-15-9(14)11-7/h4-6,10H,3H2,1-2H3,(H,11,14)(H,12,13). The molecule has 0 aliphatic carbocycles. The van der Waals surface area contributed by atoms with E-state index in [1.165, 1.54) is 0 Å². The molecule has 2 unspecified atom stereocenters. The van der Waals surface area contributed by atoms with Gasteiger partial charge in [0.25, 0.3) is 0 Å². The fourth-order valence-corrected chi connectivity index (χ4v) is 1.64. The third-order valence-electron chi connectivity index (χ3n) is 2.32. The maximum atomic E-state index is 10.8. The van der Waals surface area contributed by atoms with Gasteiger partial charge in [-0.3, -0.25) is 9.59 Å². The highest BCUT2D eigenvalue weighted by molar-refractivity contribution is 7.07. The minimum absolute atomic E-state index is 0.0919. The van der Waals surface area contributed by atoms with Crippen LogP contribution in [0, 0.1) is 5.92 Å². The van der Waals surface area contributed by atoms with Gasteiger partial charge >= 0.3 is 10.8 Å². The Kier molecular flexibility index (Phi) is 4.05. The zero-order valence-electron chi connectivity index (χ0n) is 8.61. The zero-order chi connectivity index (χ0) is 11.4. The maximum Gasteiger partial charge on any atom is 0.307 e. The van der Waals surface area contributed by atoms with Crippen LogP contribution >= 0.6 is 11.3 Å². The van der Waals surface area contributed by atoms with Gasteiger partial charge in [0.05, 0.1) is 5.92 Å². The van der Waals surface area contributed by atoms with E-state index in [1.807, 2.05) is 6.92 Å². The highest BCUT2D eigenvalue weighted by Gasteiger charge is 2.18. The lowest BCUT2D eigenvalue weighted by Gasteiger charge is -2.16. The first-order chi connectivity index (χ1) is 7.00. The van der Waals surface area contributed by atoms with Crippen molar-refractivity contribution in [2.75, 3.05) is 0 Å². The Bertz CT molecular complexity index is 385. The van der Waals surface area contributed by atoms with Crippen LogP contribution in [0.2, 0.25) is 0 Å². The van der Waals surface area contributed by atoms with Crippen LogP contribution in [0.15, 0.2) is 10.2 Å².